The van der Waals surface area contributed by atoms with Crippen LogP contribution in [-0.2, 0) is 9.53 Å². The van der Waals surface area contributed by atoms with Crippen LogP contribution in [0.1, 0.15) is 10.4 Å². The first-order valence-corrected chi connectivity index (χ1v) is 10.8. The Balaban J connectivity index is 1.45. The van der Waals surface area contributed by atoms with E-state index in [-0.39, 0.29) is 11.8 Å². The molecular formula is C18H23N5O3S2. The molecule has 1 fully saturated rings. The van der Waals surface area contributed by atoms with E-state index in [2.05, 4.69) is 20.4 Å². The highest BCUT2D eigenvalue weighted by Crippen LogP contribution is 2.28. The lowest BCUT2D eigenvalue weighted by Gasteiger charge is -2.34. The van der Waals surface area contributed by atoms with Crippen LogP contribution in [0.25, 0.3) is 0 Å². The van der Waals surface area contributed by atoms with Gasteiger partial charge in [0.15, 0.2) is 4.34 Å². The molecule has 1 aliphatic heterocycles. The number of ether oxygens (including phenoxy) is 1. The standard InChI is InChI=1S/C18H23N5O3S2/c1-26-12-7-19-15(24)13-27-18-21-20-17(28-18)23-10-8-22(9-11-23)16(25)14-5-3-2-4-6-14/h2-6H,7-13H2,1H3,(H,19,24). The summed E-state index contributed by atoms with van der Waals surface area (Å²) >= 11 is 2.85. The molecule has 1 N–H and O–H groups in total. The van der Waals surface area contributed by atoms with Crippen molar-refractivity contribution in [1.82, 2.24) is 20.4 Å². The van der Waals surface area contributed by atoms with E-state index in [1.165, 1.54) is 23.1 Å². The Bertz CT molecular complexity index is 779. The average Bonchev–Trinajstić information content (AvgIpc) is 3.22. The van der Waals surface area contributed by atoms with Gasteiger partial charge in [0.25, 0.3) is 5.91 Å². The average molecular weight is 422 g/mol. The largest absolute Gasteiger partial charge is 0.383 e. The third-order valence-electron chi connectivity index (χ3n) is 4.21. The van der Waals surface area contributed by atoms with E-state index in [1.54, 1.807) is 7.11 Å². The highest BCUT2D eigenvalue weighted by Gasteiger charge is 2.24. The summed E-state index contributed by atoms with van der Waals surface area (Å²) in [4.78, 5) is 28.3. The Hall–Kier alpha value is -2.17. The van der Waals surface area contributed by atoms with E-state index in [0.717, 1.165) is 22.6 Å². The van der Waals surface area contributed by atoms with Gasteiger partial charge in [-0.05, 0) is 12.1 Å². The highest BCUT2D eigenvalue weighted by molar-refractivity contribution is 8.01. The maximum atomic E-state index is 12.5. The summed E-state index contributed by atoms with van der Waals surface area (Å²) in [5.41, 5.74) is 0.717. The van der Waals surface area contributed by atoms with Gasteiger partial charge in [-0.3, -0.25) is 9.59 Å². The van der Waals surface area contributed by atoms with E-state index >= 15 is 0 Å². The molecule has 1 aliphatic rings. The van der Waals surface area contributed by atoms with Crippen LogP contribution in [0.4, 0.5) is 5.13 Å². The minimum Gasteiger partial charge on any atom is -0.383 e. The van der Waals surface area contributed by atoms with E-state index in [4.69, 9.17) is 4.74 Å². The summed E-state index contributed by atoms with van der Waals surface area (Å²) in [5.74, 6) is 0.317. The number of aromatic nitrogens is 2. The number of benzene rings is 1. The maximum Gasteiger partial charge on any atom is 0.253 e. The fraction of sp³-hybridized carbons (Fsp3) is 0.444. The Kier molecular flexibility index (Phi) is 7.63. The zero-order valence-corrected chi connectivity index (χ0v) is 17.3. The van der Waals surface area contributed by atoms with E-state index in [1.807, 2.05) is 35.2 Å². The summed E-state index contributed by atoms with van der Waals surface area (Å²) in [5, 5.41) is 12.0. The number of carbonyl (C=O) groups excluding carboxylic acids is 2. The molecule has 8 nitrogen and oxygen atoms in total. The van der Waals surface area contributed by atoms with Crippen molar-refractivity contribution in [3.63, 3.8) is 0 Å². The molecule has 0 spiro atoms. The van der Waals surface area contributed by atoms with Gasteiger partial charge in [0.2, 0.25) is 11.0 Å². The molecule has 3 rings (SSSR count). The number of hydrogen-bond donors (Lipinski definition) is 1. The van der Waals surface area contributed by atoms with Gasteiger partial charge in [-0.2, -0.15) is 0 Å². The smallest absolute Gasteiger partial charge is 0.253 e. The van der Waals surface area contributed by atoms with Crippen LogP contribution in [0.2, 0.25) is 0 Å². The van der Waals surface area contributed by atoms with E-state index in [9.17, 15) is 9.59 Å². The van der Waals surface area contributed by atoms with Crippen LogP contribution in [0.15, 0.2) is 34.7 Å². The van der Waals surface area contributed by atoms with Crippen molar-refractivity contribution >= 4 is 40.0 Å². The maximum absolute atomic E-state index is 12.5. The SMILES string of the molecule is COCCNC(=O)CSc1nnc(N2CCN(C(=O)c3ccccc3)CC2)s1. The number of rotatable bonds is 8. The molecule has 0 radical (unpaired) electrons. The van der Waals surface area contributed by atoms with Crippen molar-refractivity contribution in [3.8, 4) is 0 Å². The number of methoxy groups -OCH3 is 1. The third kappa shape index (κ3) is 5.66. The van der Waals surface area contributed by atoms with Gasteiger partial charge in [-0.1, -0.05) is 41.3 Å². The molecule has 0 saturated carbocycles. The van der Waals surface area contributed by atoms with Gasteiger partial charge >= 0.3 is 0 Å². The second-order valence-corrected chi connectivity index (χ2v) is 8.31. The molecule has 0 unspecified atom stereocenters. The molecular weight excluding hydrogens is 398 g/mol. The molecule has 10 heteroatoms. The molecule has 1 aromatic heterocycles. The lowest BCUT2D eigenvalue weighted by Crippen LogP contribution is -2.48. The van der Waals surface area contributed by atoms with Crippen molar-refractivity contribution in [2.75, 3.05) is 57.1 Å². The third-order valence-corrected chi connectivity index (χ3v) is 6.33. The van der Waals surface area contributed by atoms with Gasteiger partial charge in [-0.15, -0.1) is 10.2 Å². The first-order valence-electron chi connectivity index (χ1n) is 8.98. The van der Waals surface area contributed by atoms with Gasteiger partial charge in [0, 0.05) is 45.4 Å². The van der Waals surface area contributed by atoms with Gasteiger partial charge < -0.3 is 19.9 Å². The lowest BCUT2D eigenvalue weighted by molar-refractivity contribution is -0.118. The number of hydrogen-bond acceptors (Lipinski definition) is 8. The minimum atomic E-state index is -0.0492. The van der Waals surface area contributed by atoms with Crippen molar-refractivity contribution < 1.29 is 14.3 Å². The number of thioether (sulfide) groups is 1. The number of amides is 2. The first-order chi connectivity index (χ1) is 13.7. The number of piperazine rings is 1. The predicted molar refractivity (Wildman–Crippen MR) is 110 cm³/mol. The first kappa shape index (κ1) is 20.6. The van der Waals surface area contributed by atoms with Crippen molar-refractivity contribution in [1.29, 1.82) is 0 Å². The number of nitrogens with one attached hydrogen (secondary N) is 1. The molecule has 1 aromatic carbocycles. The molecule has 150 valence electrons. The lowest BCUT2D eigenvalue weighted by atomic mass is 10.2. The second kappa shape index (κ2) is 10.4. The fourth-order valence-corrected chi connectivity index (χ4v) is 4.45. The molecule has 2 heterocycles. The quantitative estimate of drug-likeness (QED) is 0.509. The van der Waals surface area contributed by atoms with E-state index in [0.29, 0.717) is 37.6 Å². The van der Waals surface area contributed by atoms with Gasteiger partial charge in [-0.25, -0.2) is 0 Å². The summed E-state index contributed by atoms with van der Waals surface area (Å²) in [6, 6.07) is 9.34. The minimum absolute atomic E-state index is 0.0492. The molecule has 2 amide bonds. The summed E-state index contributed by atoms with van der Waals surface area (Å²) in [6.07, 6.45) is 0. The van der Waals surface area contributed by atoms with Crippen LogP contribution >= 0.6 is 23.1 Å². The Morgan fingerprint density at radius 1 is 1.18 bits per heavy atom. The van der Waals surface area contributed by atoms with Crippen molar-refractivity contribution in [2.24, 2.45) is 0 Å². The zero-order valence-electron chi connectivity index (χ0n) is 15.7. The molecule has 2 aromatic rings. The number of nitrogens with zero attached hydrogens (tertiary/aromatic N) is 4. The van der Waals surface area contributed by atoms with E-state index < -0.39 is 0 Å². The second-order valence-electron chi connectivity index (χ2n) is 6.13. The zero-order chi connectivity index (χ0) is 19.8. The van der Waals surface area contributed by atoms with Crippen molar-refractivity contribution in [2.45, 2.75) is 4.34 Å². The van der Waals surface area contributed by atoms with Crippen LogP contribution in [0, 0.1) is 0 Å². The Labute approximate surface area is 172 Å². The van der Waals surface area contributed by atoms with Gasteiger partial charge in [0.1, 0.15) is 0 Å². The van der Waals surface area contributed by atoms with Crippen LogP contribution < -0.4 is 10.2 Å². The normalized spacial score (nSPS) is 14.2. The van der Waals surface area contributed by atoms with Crippen LogP contribution in [0.5, 0.6) is 0 Å². The summed E-state index contributed by atoms with van der Waals surface area (Å²) in [7, 11) is 1.60. The molecule has 0 bridgehead atoms. The van der Waals surface area contributed by atoms with Crippen LogP contribution in [0.3, 0.4) is 0 Å². The summed E-state index contributed by atoms with van der Waals surface area (Å²) in [6.45, 7) is 3.74. The number of anilines is 1. The molecule has 1 saturated heterocycles. The Morgan fingerprint density at radius 3 is 2.64 bits per heavy atom. The molecule has 28 heavy (non-hydrogen) atoms. The van der Waals surface area contributed by atoms with Gasteiger partial charge in [0.05, 0.1) is 12.4 Å². The van der Waals surface area contributed by atoms with Crippen LogP contribution in [-0.4, -0.2) is 79.1 Å². The molecule has 0 aliphatic carbocycles. The number of carbonyl (C=O) groups is 2. The Morgan fingerprint density at radius 2 is 1.93 bits per heavy atom. The topological polar surface area (TPSA) is 87.7 Å². The fourth-order valence-electron chi connectivity index (χ4n) is 2.72. The van der Waals surface area contributed by atoms with Crippen molar-refractivity contribution in [3.05, 3.63) is 35.9 Å². The molecule has 0 atom stereocenters. The summed E-state index contributed by atoms with van der Waals surface area (Å²) < 4.78 is 5.66. The highest BCUT2D eigenvalue weighted by atomic mass is 32.2. The monoisotopic (exact) mass is 421 g/mol. The predicted octanol–water partition coefficient (Wildman–Crippen LogP) is 1.36.